The minimum Gasteiger partial charge on any atom is -0.480 e. The van der Waals surface area contributed by atoms with Crippen molar-refractivity contribution in [2.75, 3.05) is 45.2 Å². The van der Waals surface area contributed by atoms with Crippen molar-refractivity contribution in [1.29, 1.82) is 0 Å². The van der Waals surface area contributed by atoms with E-state index in [2.05, 4.69) is 27.7 Å². The number of aliphatic carboxylic acids is 1. The third-order valence-corrected chi connectivity index (χ3v) is 6.23. The standard InChI is InChI=1S/C25H42N4O5/c1-4-21(5-2)34-25(32)28-22(24(30)31)13-16-29(17-18-33-3)15-7-6-10-20-12-11-19-9-8-14-26-23(19)27-20/h11-12,21-22H,4-10,13-18H2,1-3H3,(H,26,27)(H,28,32)(H,30,31). The summed E-state index contributed by atoms with van der Waals surface area (Å²) in [5.41, 5.74) is 2.40. The maximum Gasteiger partial charge on any atom is 0.408 e. The first-order valence-electron chi connectivity index (χ1n) is 12.6. The molecule has 0 fully saturated rings. The van der Waals surface area contributed by atoms with Gasteiger partial charge in [-0.2, -0.15) is 0 Å². The maximum absolute atomic E-state index is 12.1. The number of ether oxygens (including phenoxy) is 2. The maximum atomic E-state index is 12.1. The van der Waals surface area contributed by atoms with Gasteiger partial charge in [-0.05, 0) is 69.5 Å². The van der Waals surface area contributed by atoms with Gasteiger partial charge in [0.15, 0.2) is 0 Å². The molecule has 1 aliphatic heterocycles. The number of hydrogen-bond acceptors (Lipinski definition) is 7. The molecule has 1 aliphatic rings. The molecule has 1 unspecified atom stereocenters. The monoisotopic (exact) mass is 478 g/mol. The Hall–Kier alpha value is -2.39. The molecule has 0 radical (unpaired) electrons. The summed E-state index contributed by atoms with van der Waals surface area (Å²) in [6.07, 6.45) is 5.95. The summed E-state index contributed by atoms with van der Waals surface area (Å²) in [6.45, 7) is 7.51. The number of carbonyl (C=O) groups excluding carboxylic acids is 1. The molecule has 2 heterocycles. The molecular weight excluding hydrogens is 436 g/mol. The van der Waals surface area contributed by atoms with Gasteiger partial charge in [0.05, 0.1) is 6.61 Å². The molecule has 1 aromatic rings. The predicted molar refractivity (Wildman–Crippen MR) is 132 cm³/mol. The van der Waals surface area contributed by atoms with Gasteiger partial charge < -0.3 is 30.1 Å². The van der Waals surface area contributed by atoms with Crippen LogP contribution in [0.25, 0.3) is 0 Å². The van der Waals surface area contributed by atoms with E-state index in [1.54, 1.807) is 7.11 Å². The highest BCUT2D eigenvalue weighted by atomic mass is 16.6. The summed E-state index contributed by atoms with van der Waals surface area (Å²) in [7, 11) is 1.66. The lowest BCUT2D eigenvalue weighted by molar-refractivity contribution is -0.139. The van der Waals surface area contributed by atoms with Gasteiger partial charge in [0.2, 0.25) is 0 Å². The lowest BCUT2D eigenvalue weighted by atomic mass is 10.1. The molecule has 1 atom stereocenters. The summed E-state index contributed by atoms with van der Waals surface area (Å²) in [6, 6.07) is 3.32. The second-order valence-corrected chi connectivity index (χ2v) is 8.80. The van der Waals surface area contributed by atoms with E-state index >= 15 is 0 Å². The fourth-order valence-electron chi connectivity index (χ4n) is 4.06. The van der Waals surface area contributed by atoms with Crippen LogP contribution in [0, 0.1) is 0 Å². The number of nitrogens with zero attached hydrogens (tertiary/aromatic N) is 2. The summed E-state index contributed by atoms with van der Waals surface area (Å²) < 4.78 is 10.5. The highest BCUT2D eigenvalue weighted by Crippen LogP contribution is 2.20. The number of nitrogens with one attached hydrogen (secondary N) is 2. The molecule has 34 heavy (non-hydrogen) atoms. The van der Waals surface area contributed by atoms with E-state index in [1.165, 1.54) is 5.56 Å². The van der Waals surface area contributed by atoms with Crippen LogP contribution in [0.5, 0.6) is 0 Å². The number of rotatable bonds is 16. The molecule has 0 spiro atoms. The van der Waals surface area contributed by atoms with E-state index in [0.717, 1.165) is 56.7 Å². The summed E-state index contributed by atoms with van der Waals surface area (Å²) in [5.74, 6) is -0.0271. The highest BCUT2D eigenvalue weighted by Gasteiger charge is 2.23. The molecule has 0 bridgehead atoms. The number of fused-ring (bicyclic) bond motifs is 1. The normalized spacial score (nSPS) is 13.9. The van der Waals surface area contributed by atoms with E-state index in [0.29, 0.717) is 39.0 Å². The highest BCUT2D eigenvalue weighted by molar-refractivity contribution is 5.79. The number of aromatic nitrogens is 1. The van der Waals surface area contributed by atoms with Crippen molar-refractivity contribution in [3.8, 4) is 0 Å². The van der Waals surface area contributed by atoms with E-state index in [4.69, 9.17) is 14.5 Å². The number of carboxylic acid groups (broad SMARTS) is 1. The Morgan fingerprint density at radius 1 is 1.21 bits per heavy atom. The Morgan fingerprint density at radius 3 is 2.71 bits per heavy atom. The number of aryl methyl sites for hydroxylation is 2. The van der Waals surface area contributed by atoms with Gasteiger partial charge >= 0.3 is 12.1 Å². The van der Waals surface area contributed by atoms with Crippen molar-refractivity contribution in [3.05, 3.63) is 23.4 Å². The van der Waals surface area contributed by atoms with Crippen LogP contribution in [-0.2, 0) is 27.1 Å². The van der Waals surface area contributed by atoms with Gasteiger partial charge in [-0.15, -0.1) is 0 Å². The lowest BCUT2D eigenvalue weighted by Gasteiger charge is -2.24. The van der Waals surface area contributed by atoms with Crippen LogP contribution >= 0.6 is 0 Å². The number of hydrogen-bond donors (Lipinski definition) is 3. The summed E-state index contributed by atoms with van der Waals surface area (Å²) in [4.78, 5) is 30.7. The van der Waals surface area contributed by atoms with Crippen molar-refractivity contribution in [1.82, 2.24) is 15.2 Å². The van der Waals surface area contributed by atoms with Gasteiger partial charge in [0, 0.05) is 32.4 Å². The van der Waals surface area contributed by atoms with Crippen LogP contribution in [-0.4, -0.2) is 79.1 Å². The minimum absolute atomic E-state index is 0.201. The predicted octanol–water partition coefficient (Wildman–Crippen LogP) is 3.47. The molecule has 9 nitrogen and oxygen atoms in total. The Balaban J connectivity index is 1.79. The molecule has 9 heteroatoms. The Morgan fingerprint density at radius 2 is 2.00 bits per heavy atom. The molecule has 1 amide bonds. The van der Waals surface area contributed by atoms with E-state index in [9.17, 15) is 14.7 Å². The van der Waals surface area contributed by atoms with Crippen molar-refractivity contribution in [3.63, 3.8) is 0 Å². The molecule has 192 valence electrons. The number of pyridine rings is 1. The van der Waals surface area contributed by atoms with Crippen LogP contribution in [0.3, 0.4) is 0 Å². The molecule has 2 rings (SSSR count). The third kappa shape index (κ3) is 9.85. The molecule has 1 aromatic heterocycles. The van der Waals surface area contributed by atoms with Crippen molar-refractivity contribution >= 4 is 17.9 Å². The number of amides is 1. The van der Waals surface area contributed by atoms with Crippen LogP contribution in [0.1, 0.15) is 63.6 Å². The number of unbranched alkanes of at least 4 members (excludes halogenated alkanes) is 1. The first-order valence-corrected chi connectivity index (χ1v) is 12.6. The zero-order valence-electron chi connectivity index (χ0n) is 21.0. The van der Waals surface area contributed by atoms with Crippen molar-refractivity contribution in [2.45, 2.75) is 77.4 Å². The van der Waals surface area contributed by atoms with Crippen molar-refractivity contribution in [2.24, 2.45) is 0 Å². The first-order chi connectivity index (χ1) is 16.5. The van der Waals surface area contributed by atoms with E-state index in [-0.39, 0.29) is 6.10 Å². The average molecular weight is 479 g/mol. The second kappa shape index (κ2) is 15.5. The molecule has 3 N–H and O–H groups in total. The average Bonchev–Trinajstić information content (AvgIpc) is 2.85. The molecule has 0 aliphatic carbocycles. The molecular formula is C25H42N4O5. The summed E-state index contributed by atoms with van der Waals surface area (Å²) >= 11 is 0. The number of alkyl carbamates (subject to hydrolysis) is 1. The number of methoxy groups -OCH3 is 1. The third-order valence-electron chi connectivity index (χ3n) is 6.23. The minimum atomic E-state index is -1.06. The van der Waals surface area contributed by atoms with Crippen LogP contribution in [0.15, 0.2) is 12.1 Å². The van der Waals surface area contributed by atoms with Gasteiger partial charge in [-0.25, -0.2) is 14.6 Å². The SMILES string of the molecule is CCC(CC)OC(=O)NC(CCN(CCCCc1ccc2c(n1)NCCC2)CCOC)C(=O)O. The van der Waals surface area contributed by atoms with Crippen LogP contribution < -0.4 is 10.6 Å². The van der Waals surface area contributed by atoms with Crippen molar-refractivity contribution < 1.29 is 24.2 Å². The van der Waals surface area contributed by atoms with Crippen LogP contribution in [0.4, 0.5) is 10.6 Å². The number of carbonyl (C=O) groups is 2. The van der Waals surface area contributed by atoms with Gasteiger partial charge in [-0.3, -0.25) is 0 Å². The van der Waals surface area contributed by atoms with E-state index in [1.807, 2.05) is 13.8 Å². The second-order valence-electron chi connectivity index (χ2n) is 8.80. The Labute approximate surface area is 203 Å². The van der Waals surface area contributed by atoms with E-state index < -0.39 is 18.1 Å². The molecule has 0 saturated heterocycles. The zero-order chi connectivity index (χ0) is 24.8. The van der Waals surface area contributed by atoms with Gasteiger partial charge in [0.1, 0.15) is 18.0 Å². The summed E-state index contributed by atoms with van der Waals surface area (Å²) in [5, 5.41) is 15.4. The quantitative estimate of drug-likeness (QED) is 0.310. The zero-order valence-corrected chi connectivity index (χ0v) is 21.0. The van der Waals surface area contributed by atoms with Gasteiger partial charge in [0.25, 0.3) is 0 Å². The number of anilines is 1. The topological polar surface area (TPSA) is 113 Å². The van der Waals surface area contributed by atoms with Crippen LogP contribution in [0.2, 0.25) is 0 Å². The largest absolute Gasteiger partial charge is 0.480 e. The molecule has 0 saturated carbocycles. The first kappa shape index (κ1) is 27.9. The van der Waals surface area contributed by atoms with Gasteiger partial charge in [-0.1, -0.05) is 19.9 Å². The number of carboxylic acids is 1. The smallest absolute Gasteiger partial charge is 0.408 e. The fraction of sp³-hybridized carbons (Fsp3) is 0.720. The Bertz CT molecular complexity index is 757. The lowest BCUT2D eigenvalue weighted by Crippen LogP contribution is -2.44. The fourth-order valence-corrected chi connectivity index (χ4v) is 4.06. The Kier molecular flexibility index (Phi) is 12.7. The molecule has 0 aromatic carbocycles.